The van der Waals surface area contributed by atoms with Crippen LogP contribution in [0.25, 0.3) is 0 Å². The molecule has 2 heterocycles. The first kappa shape index (κ1) is 21.0. The Morgan fingerprint density at radius 2 is 2.00 bits per heavy atom. The number of benzene rings is 1. The van der Waals surface area contributed by atoms with E-state index in [4.69, 9.17) is 16.1 Å². The third kappa shape index (κ3) is 5.00. The van der Waals surface area contributed by atoms with Crippen molar-refractivity contribution in [3.8, 4) is 5.75 Å². The third-order valence-corrected chi connectivity index (χ3v) is 7.57. The van der Waals surface area contributed by atoms with Crippen LogP contribution in [-0.4, -0.2) is 24.4 Å². The summed E-state index contributed by atoms with van der Waals surface area (Å²) in [5.74, 6) is -1.50. The van der Waals surface area contributed by atoms with Gasteiger partial charge in [-0.05, 0) is 35.2 Å². The summed E-state index contributed by atoms with van der Waals surface area (Å²) in [6, 6.07) is 14.9. The van der Waals surface area contributed by atoms with Gasteiger partial charge >= 0.3 is 7.60 Å². The van der Waals surface area contributed by atoms with E-state index in [1.54, 1.807) is 47.8 Å². The number of nitrogens with zero attached hydrogens (tertiary/aromatic N) is 2. The zero-order chi connectivity index (χ0) is 20.1. The maximum absolute atomic E-state index is 13.2. The molecule has 0 amide bonds. The molecule has 0 saturated heterocycles. The summed E-state index contributed by atoms with van der Waals surface area (Å²) < 4.78 is 43.4. The van der Waals surface area contributed by atoms with E-state index in [0.29, 0.717) is 10.6 Å². The van der Waals surface area contributed by atoms with E-state index in [0.717, 1.165) is 15.6 Å². The molecule has 3 unspecified atom stereocenters. The number of hydrogen-bond donors (Lipinski definition) is 1. The molecule has 0 saturated carbocycles. The Hall–Kier alpha value is -1.74. The molecule has 0 spiro atoms. The molecule has 1 N–H and O–H groups in total. The molecule has 0 radical (unpaired) electrons. The Morgan fingerprint density at radius 1 is 1.25 bits per heavy atom. The van der Waals surface area contributed by atoms with Crippen molar-refractivity contribution in [2.75, 3.05) is 4.31 Å². The third-order valence-electron chi connectivity index (χ3n) is 3.75. The van der Waals surface area contributed by atoms with E-state index in [2.05, 4.69) is 4.98 Å². The molecule has 0 aliphatic heterocycles. The molecule has 0 fully saturated rings. The van der Waals surface area contributed by atoms with Gasteiger partial charge in [-0.2, -0.15) is 0 Å². The highest BCUT2D eigenvalue weighted by Gasteiger charge is 2.41. The molecule has 0 aliphatic rings. The van der Waals surface area contributed by atoms with Crippen molar-refractivity contribution < 1.29 is 22.7 Å². The first-order chi connectivity index (χ1) is 13.4. The number of aromatic nitrogens is 1. The van der Waals surface area contributed by atoms with Crippen molar-refractivity contribution in [1.29, 1.82) is 0 Å². The summed E-state index contributed by atoms with van der Waals surface area (Å²) in [5, 5.41) is 1.88. The molecule has 1 aromatic carbocycles. The monoisotopic (exact) mass is 457 g/mol. The maximum atomic E-state index is 13.2. The lowest BCUT2D eigenvalue weighted by Gasteiger charge is -2.35. The number of hydrogen-bond acceptors (Lipinski definition) is 6. The molecular weight excluding hydrogens is 443 g/mol. The van der Waals surface area contributed by atoms with Gasteiger partial charge in [0.2, 0.25) is 0 Å². The Balaban J connectivity index is 2.02. The fraction of sp³-hybridized carbons (Fsp3) is 0.118. The molecule has 0 bridgehead atoms. The van der Waals surface area contributed by atoms with Crippen molar-refractivity contribution in [2.24, 2.45) is 0 Å². The zero-order valence-electron chi connectivity index (χ0n) is 14.3. The van der Waals surface area contributed by atoms with E-state index in [1.807, 2.05) is 0 Å². The number of pyridine rings is 1. The SMILES string of the molecule is O=S([O-])N(c1cccs1)C(Cc1ccccc1)P(=O)(O)Oc1cccnc1Cl. The van der Waals surface area contributed by atoms with Gasteiger partial charge in [0, 0.05) is 23.9 Å². The summed E-state index contributed by atoms with van der Waals surface area (Å²) in [5.41, 5.74) is 0.676. The predicted octanol–water partition coefficient (Wildman–Crippen LogP) is 4.23. The average molecular weight is 458 g/mol. The molecule has 11 heteroatoms. The van der Waals surface area contributed by atoms with Crippen LogP contribution in [0.15, 0.2) is 66.2 Å². The van der Waals surface area contributed by atoms with E-state index < -0.39 is 24.6 Å². The van der Waals surface area contributed by atoms with Crippen molar-refractivity contribution in [2.45, 2.75) is 12.2 Å². The Bertz CT molecular complexity index is 990. The highest BCUT2D eigenvalue weighted by atomic mass is 35.5. The molecule has 3 atom stereocenters. The fourth-order valence-corrected chi connectivity index (χ4v) is 6.25. The number of rotatable bonds is 8. The van der Waals surface area contributed by atoms with Gasteiger partial charge in [0.05, 0.1) is 0 Å². The first-order valence-corrected chi connectivity index (χ1v) is 11.9. The second kappa shape index (κ2) is 9.17. The van der Waals surface area contributed by atoms with Crippen LogP contribution in [0.4, 0.5) is 5.00 Å². The van der Waals surface area contributed by atoms with Crippen LogP contribution >= 0.6 is 30.5 Å². The van der Waals surface area contributed by atoms with Gasteiger partial charge in [-0.1, -0.05) is 41.9 Å². The largest absolute Gasteiger partial charge is 0.755 e. The van der Waals surface area contributed by atoms with E-state index in [9.17, 15) is 18.2 Å². The van der Waals surface area contributed by atoms with Crippen molar-refractivity contribution in [1.82, 2.24) is 4.98 Å². The highest BCUT2D eigenvalue weighted by molar-refractivity contribution is 7.81. The summed E-state index contributed by atoms with van der Waals surface area (Å²) in [6.45, 7) is 0. The molecule has 7 nitrogen and oxygen atoms in total. The maximum Gasteiger partial charge on any atom is 0.400 e. The lowest BCUT2D eigenvalue weighted by Crippen LogP contribution is -2.39. The van der Waals surface area contributed by atoms with Crippen molar-refractivity contribution in [3.05, 3.63) is 76.9 Å². The summed E-state index contributed by atoms with van der Waals surface area (Å²) >= 11 is 4.25. The van der Waals surface area contributed by atoms with Crippen LogP contribution in [0.1, 0.15) is 5.56 Å². The normalized spacial score (nSPS) is 15.4. The van der Waals surface area contributed by atoms with Crippen LogP contribution in [-0.2, 0) is 22.3 Å². The quantitative estimate of drug-likeness (QED) is 0.308. The van der Waals surface area contributed by atoms with Crippen LogP contribution < -0.4 is 8.83 Å². The minimum atomic E-state index is -4.55. The van der Waals surface area contributed by atoms with Crippen molar-refractivity contribution in [3.63, 3.8) is 0 Å². The van der Waals surface area contributed by atoms with E-state index >= 15 is 0 Å². The lowest BCUT2D eigenvalue weighted by molar-refractivity contribution is 0.363. The highest BCUT2D eigenvalue weighted by Crippen LogP contribution is 2.52. The summed E-state index contributed by atoms with van der Waals surface area (Å²) in [6.07, 6.45) is 1.36. The molecule has 3 rings (SSSR count). The summed E-state index contributed by atoms with van der Waals surface area (Å²) in [4.78, 5) is 14.6. The lowest BCUT2D eigenvalue weighted by atomic mass is 10.1. The second-order valence-electron chi connectivity index (χ2n) is 5.61. The molecule has 0 aliphatic carbocycles. The van der Waals surface area contributed by atoms with Crippen molar-refractivity contribution >= 4 is 46.8 Å². The van der Waals surface area contributed by atoms with Gasteiger partial charge in [0.25, 0.3) is 0 Å². The molecule has 28 heavy (non-hydrogen) atoms. The van der Waals surface area contributed by atoms with Gasteiger partial charge < -0.3 is 14.0 Å². The minimum Gasteiger partial charge on any atom is -0.755 e. The topological polar surface area (TPSA) is 103 Å². The molecule has 3 aromatic rings. The molecule has 148 valence electrons. The average Bonchev–Trinajstić information content (AvgIpc) is 3.18. The standard InChI is InChI=1S/C17H16ClN2O5PS2/c18-17-14(8-4-10-19-17)25-26(21,22)15(12-13-6-2-1-3-7-13)20(28(23)24)16-9-5-11-27-16/h1-11,15H,12H2,(H,21,22)(H,23,24)/p-1. The molecule has 2 aromatic heterocycles. The van der Waals surface area contributed by atoms with E-state index in [1.165, 1.54) is 18.3 Å². The number of thiophene rings is 1. The Morgan fingerprint density at radius 3 is 2.61 bits per heavy atom. The number of anilines is 1. The van der Waals surface area contributed by atoms with Gasteiger partial charge in [-0.15, -0.1) is 11.3 Å². The van der Waals surface area contributed by atoms with Gasteiger partial charge in [-0.25, -0.2) is 9.55 Å². The predicted molar refractivity (Wildman–Crippen MR) is 109 cm³/mol. The van der Waals surface area contributed by atoms with Crippen LogP contribution in [0.3, 0.4) is 0 Å². The summed E-state index contributed by atoms with van der Waals surface area (Å²) in [7, 11) is -4.55. The van der Waals surface area contributed by atoms with E-state index in [-0.39, 0.29) is 17.3 Å². The van der Waals surface area contributed by atoms with Crippen LogP contribution in [0.2, 0.25) is 5.15 Å². The van der Waals surface area contributed by atoms with Gasteiger partial charge in [0.1, 0.15) is 5.00 Å². The fourth-order valence-electron chi connectivity index (χ4n) is 2.51. The zero-order valence-corrected chi connectivity index (χ0v) is 17.5. The second-order valence-corrected chi connectivity index (χ2v) is 9.63. The van der Waals surface area contributed by atoms with Crippen LogP contribution in [0, 0.1) is 0 Å². The smallest absolute Gasteiger partial charge is 0.400 e. The molecular formula is C17H15ClN2O5PS2-. The van der Waals surface area contributed by atoms with Gasteiger partial charge in [0.15, 0.2) is 16.7 Å². The minimum absolute atomic E-state index is 0.0433. The first-order valence-electron chi connectivity index (χ1n) is 7.97. The Kier molecular flexibility index (Phi) is 6.87. The van der Waals surface area contributed by atoms with Gasteiger partial charge in [-0.3, -0.25) is 8.51 Å². The Labute approximate surface area is 173 Å². The number of halogens is 1. The van der Waals surface area contributed by atoms with Crippen LogP contribution in [0.5, 0.6) is 5.75 Å².